The summed E-state index contributed by atoms with van der Waals surface area (Å²) in [5.74, 6) is 2.27. The lowest BCUT2D eigenvalue weighted by molar-refractivity contribution is 0.306. The molecule has 0 saturated carbocycles. The van der Waals surface area contributed by atoms with E-state index in [0.29, 0.717) is 24.0 Å². The predicted molar refractivity (Wildman–Crippen MR) is 140 cm³/mol. The Morgan fingerprint density at radius 1 is 0.771 bits per heavy atom. The first kappa shape index (κ1) is 22.8. The SMILES string of the molecule is CCOc1ccc2oc(-c3ccc(Cl)cc3)cc(=Nc3ccc(OCc4ccccc4)cc3)c2c1. The van der Waals surface area contributed by atoms with Crippen molar-refractivity contribution in [2.75, 3.05) is 6.61 Å². The van der Waals surface area contributed by atoms with E-state index in [1.807, 2.05) is 110 Å². The Kier molecular flexibility index (Phi) is 6.82. The van der Waals surface area contributed by atoms with Crippen LogP contribution in [0, 0.1) is 0 Å². The van der Waals surface area contributed by atoms with Gasteiger partial charge in [-0.05, 0) is 79.2 Å². The van der Waals surface area contributed by atoms with E-state index in [-0.39, 0.29) is 0 Å². The van der Waals surface area contributed by atoms with Gasteiger partial charge in [0, 0.05) is 22.0 Å². The fourth-order valence-corrected chi connectivity index (χ4v) is 3.88. The van der Waals surface area contributed by atoms with Gasteiger partial charge < -0.3 is 13.9 Å². The van der Waals surface area contributed by atoms with Crippen molar-refractivity contribution in [2.45, 2.75) is 13.5 Å². The number of benzene rings is 4. The Bertz CT molecular complexity index is 1490. The highest BCUT2D eigenvalue weighted by atomic mass is 35.5. The van der Waals surface area contributed by atoms with E-state index in [1.54, 1.807) is 0 Å². The number of halogens is 1. The molecule has 4 aromatic carbocycles. The van der Waals surface area contributed by atoms with Crippen molar-refractivity contribution < 1.29 is 13.9 Å². The van der Waals surface area contributed by atoms with Gasteiger partial charge in [0.1, 0.15) is 29.4 Å². The third-order valence-electron chi connectivity index (χ3n) is 5.49. The lowest BCUT2D eigenvalue weighted by atomic mass is 10.1. The van der Waals surface area contributed by atoms with Crippen LogP contribution < -0.4 is 14.8 Å². The maximum Gasteiger partial charge on any atom is 0.137 e. The Hall–Kier alpha value is -4.02. The summed E-state index contributed by atoms with van der Waals surface area (Å²) < 4.78 is 17.8. The van der Waals surface area contributed by atoms with Crippen molar-refractivity contribution >= 4 is 28.3 Å². The second-order valence-electron chi connectivity index (χ2n) is 7.97. The molecule has 174 valence electrons. The average Bonchev–Trinajstić information content (AvgIpc) is 2.89. The maximum absolute atomic E-state index is 6.21. The standard InChI is InChI=1S/C30H24ClNO3/c1-2-33-26-16-17-29-27(18-26)28(19-30(35-29)22-8-10-23(31)11-9-22)32-24-12-14-25(15-13-24)34-20-21-6-4-3-5-7-21/h3-19H,2,20H2,1H3. The van der Waals surface area contributed by atoms with Gasteiger partial charge in [0.25, 0.3) is 0 Å². The van der Waals surface area contributed by atoms with Crippen molar-refractivity contribution in [2.24, 2.45) is 4.99 Å². The quantitative estimate of drug-likeness (QED) is 0.237. The van der Waals surface area contributed by atoms with Crippen LogP contribution in [0.1, 0.15) is 12.5 Å². The minimum absolute atomic E-state index is 0.521. The molecule has 0 fully saturated rings. The number of nitrogens with zero attached hydrogens (tertiary/aromatic N) is 1. The number of ether oxygens (including phenoxy) is 2. The molecule has 0 bridgehead atoms. The number of rotatable bonds is 7. The first-order valence-electron chi connectivity index (χ1n) is 11.5. The average molecular weight is 482 g/mol. The second kappa shape index (κ2) is 10.5. The first-order valence-corrected chi connectivity index (χ1v) is 11.8. The molecule has 0 amide bonds. The monoisotopic (exact) mass is 481 g/mol. The number of hydrogen-bond donors (Lipinski definition) is 0. The van der Waals surface area contributed by atoms with Crippen molar-refractivity contribution in [3.05, 3.63) is 119 Å². The number of fused-ring (bicyclic) bond motifs is 1. The molecule has 5 aromatic rings. The summed E-state index contributed by atoms with van der Waals surface area (Å²) in [5.41, 5.74) is 3.59. The van der Waals surface area contributed by atoms with Crippen molar-refractivity contribution in [3.63, 3.8) is 0 Å². The van der Waals surface area contributed by atoms with Crippen LogP contribution in [-0.4, -0.2) is 6.61 Å². The molecular formula is C30H24ClNO3. The molecule has 0 spiro atoms. The van der Waals surface area contributed by atoms with Crippen LogP contribution in [0.4, 0.5) is 5.69 Å². The maximum atomic E-state index is 6.21. The summed E-state index contributed by atoms with van der Waals surface area (Å²) in [6, 6.07) is 33.2. The van der Waals surface area contributed by atoms with Gasteiger partial charge in [-0.15, -0.1) is 0 Å². The summed E-state index contributed by atoms with van der Waals surface area (Å²) in [7, 11) is 0. The molecule has 35 heavy (non-hydrogen) atoms. The molecular weight excluding hydrogens is 458 g/mol. The third kappa shape index (κ3) is 5.56. The van der Waals surface area contributed by atoms with E-state index >= 15 is 0 Å². The number of hydrogen-bond acceptors (Lipinski definition) is 4. The molecule has 5 rings (SSSR count). The van der Waals surface area contributed by atoms with Gasteiger partial charge in [0.2, 0.25) is 0 Å². The van der Waals surface area contributed by atoms with Crippen molar-refractivity contribution in [1.82, 2.24) is 0 Å². The van der Waals surface area contributed by atoms with Crippen LogP contribution in [0.2, 0.25) is 5.02 Å². The van der Waals surface area contributed by atoms with E-state index in [4.69, 9.17) is 30.5 Å². The zero-order valence-corrected chi connectivity index (χ0v) is 20.0. The van der Waals surface area contributed by atoms with E-state index in [0.717, 1.165) is 44.6 Å². The molecule has 5 heteroatoms. The van der Waals surface area contributed by atoms with Gasteiger partial charge in [-0.25, -0.2) is 4.99 Å². The van der Waals surface area contributed by atoms with E-state index in [9.17, 15) is 0 Å². The predicted octanol–water partition coefficient (Wildman–Crippen LogP) is 7.96. The molecule has 1 heterocycles. The van der Waals surface area contributed by atoms with Crippen LogP contribution in [0.3, 0.4) is 0 Å². The Balaban J connectivity index is 1.52. The Morgan fingerprint density at radius 3 is 2.26 bits per heavy atom. The summed E-state index contributed by atoms with van der Waals surface area (Å²) in [5, 5.41) is 2.34. The van der Waals surface area contributed by atoms with Gasteiger partial charge >= 0.3 is 0 Å². The van der Waals surface area contributed by atoms with Crippen LogP contribution in [-0.2, 0) is 6.61 Å². The summed E-state index contributed by atoms with van der Waals surface area (Å²) in [6.07, 6.45) is 0. The normalized spacial score (nSPS) is 11.5. The highest BCUT2D eigenvalue weighted by molar-refractivity contribution is 6.30. The summed E-state index contributed by atoms with van der Waals surface area (Å²) in [6.45, 7) is 3.07. The minimum atomic E-state index is 0.521. The van der Waals surface area contributed by atoms with Gasteiger partial charge in [-0.2, -0.15) is 0 Å². The smallest absolute Gasteiger partial charge is 0.137 e. The fourth-order valence-electron chi connectivity index (χ4n) is 3.75. The van der Waals surface area contributed by atoms with E-state index < -0.39 is 0 Å². The minimum Gasteiger partial charge on any atom is -0.494 e. The molecule has 1 aromatic heterocycles. The van der Waals surface area contributed by atoms with Crippen LogP contribution in [0.15, 0.2) is 113 Å². The van der Waals surface area contributed by atoms with Gasteiger partial charge in [-0.1, -0.05) is 41.9 Å². The van der Waals surface area contributed by atoms with Crippen LogP contribution in [0.25, 0.3) is 22.3 Å². The zero-order chi connectivity index (χ0) is 24.0. The summed E-state index contributed by atoms with van der Waals surface area (Å²) in [4.78, 5) is 4.94. The van der Waals surface area contributed by atoms with Gasteiger partial charge in [0.05, 0.1) is 17.7 Å². The van der Waals surface area contributed by atoms with Crippen molar-refractivity contribution in [3.8, 4) is 22.8 Å². The lowest BCUT2D eigenvalue weighted by Crippen LogP contribution is -2.04. The Labute approximate surface area is 209 Å². The van der Waals surface area contributed by atoms with E-state index in [1.165, 1.54) is 0 Å². The first-order chi connectivity index (χ1) is 17.2. The molecule has 0 radical (unpaired) electrons. The van der Waals surface area contributed by atoms with Crippen LogP contribution in [0.5, 0.6) is 11.5 Å². The molecule has 0 aliphatic heterocycles. The highest BCUT2D eigenvalue weighted by Crippen LogP contribution is 2.27. The molecule has 0 atom stereocenters. The molecule has 0 saturated heterocycles. The zero-order valence-electron chi connectivity index (χ0n) is 19.3. The van der Waals surface area contributed by atoms with E-state index in [2.05, 4.69) is 0 Å². The van der Waals surface area contributed by atoms with Gasteiger partial charge in [0.15, 0.2) is 0 Å². The largest absolute Gasteiger partial charge is 0.494 e. The Morgan fingerprint density at radius 2 is 1.51 bits per heavy atom. The molecule has 0 aliphatic rings. The highest BCUT2D eigenvalue weighted by Gasteiger charge is 2.08. The topological polar surface area (TPSA) is 44.0 Å². The summed E-state index contributed by atoms with van der Waals surface area (Å²) >= 11 is 6.08. The lowest BCUT2D eigenvalue weighted by Gasteiger charge is -2.08. The van der Waals surface area contributed by atoms with Gasteiger partial charge in [-0.3, -0.25) is 0 Å². The molecule has 0 aliphatic carbocycles. The third-order valence-corrected chi connectivity index (χ3v) is 5.74. The molecule has 0 N–H and O–H groups in total. The molecule has 4 nitrogen and oxygen atoms in total. The molecule has 0 unspecified atom stereocenters. The van der Waals surface area contributed by atoms with Crippen molar-refractivity contribution in [1.29, 1.82) is 0 Å². The second-order valence-corrected chi connectivity index (χ2v) is 8.41. The van der Waals surface area contributed by atoms with Crippen LogP contribution >= 0.6 is 11.6 Å². The fraction of sp³-hybridized carbons (Fsp3) is 0.100.